The van der Waals surface area contributed by atoms with E-state index >= 15 is 0 Å². The van der Waals surface area contributed by atoms with Gasteiger partial charge in [-0.15, -0.1) is 0 Å². The van der Waals surface area contributed by atoms with Crippen molar-refractivity contribution in [2.45, 2.75) is 25.9 Å². The summed E-state index contributed by atoms with van der Waals surface area (Å²) in [6.45, 7) is 9.40. The van der Waals surface area contributed by atoms with Crippen molar-refractivity contribution in [3.63, 3.8) is 0 Å². The maximum atomic E-state index is 12.1. The zero-order valence-electron chi connectivity index (χ0n) is 13.8. The lowest BCUT2D eigenvalue weighted by atomic mass is 10.1. The first-order valence-corrected chi connectivity index (χ1v) is 8.10. The minimum atomic E-state index is -0.161. The van der Waals surface area contributed by atoms with Crippen molar-refractivity contribution in [1.82, 2.24) is 10.2 Å². The average Bonchev–Trinajstić information content (AvgIpc) is 2.55. The molecule has 1 aromatic rings. The summed E-state index contributed by atoms with van der Waals surface area (Å²) in [6, 6.07) is 7.12. The number of aliphatic hydroxyl groups is 1. The van der Waals surface area contributed by atoms with E-state index in [0.29, 0.717) is 18.7 Å². The standard InChI is InChI=1S/C18H26N2O3/c1-14(2)13-23-17-5-3-15(4-6-17)18(22)19-9-12-20-10-7-16(21)8-11-20/h3-6,16,21H,1,7-13H2,2H3,(H,19,22). The lowest BCUT2D eigenvalue weighted by Crippen LogP contribution is -2.40. The van der Waals surface area contributed by atoms with Crippen LogP contribution in [0, 0.1) is 0 Å². The Morgan fingerprint density at radius 3 is 2.61 bits per heavy atom. The van der Waals surface area contributed by atoms with Gasteiger partial charge in [-0.1, -0.05) is 6.58 Å². The second-order valence-electron chi connectivity index (χ2n) is 6.10. The number of rotatable bonds is 7. The molecule has 0 bridgehead atoms. The molecule has 0 saturated carbocycles. The van der Waals surface area contributed by atoms with Crippen LogP contribution >= 0.6 is 0 Å². The molecule has 2 rings (SSSR count). The smallest absolute Gasteiger partial charge is 0.251 e. The molecule has 1 heterocycles. The van der Waals surface area contributed by atoms with Crippen LogP contribution in [-0.2, 0) is 0 Å². The molecule has 2 N–H and O–H groups in total. The van der Waals surface area contributed by atoms with Crippen molar-refractivity contribution in [3.8, 4) is 5.75 Å². The highest BCUT2D eigenvalue weighted by Crippen LogP contribution is 2.13. The minimum Gasteiger partial charge on any atom is -0.489 e. The Bertz CT molecular complexity index is 520. The first-order valence-electron chi connectivity index (χ1n) is 8.10. The fraction of sp³-hybridized carbons (Fsp3) is 0.500. The number of hydrogen-bond acceptors (Lipinski definition) is 4. The summed E-state index contributed by atoms with van der Waals surface area (Å²) >= 11 is 0. The number of carbonyl (C=O) groups excluding carboxylic acids is 1. The highest BCUT2D eigenvalue weighted by molar-refractivity contribution is 5.94. The molecule has 23 heavy (non-hydrogen) atoms. The molecule has 0 aliphatic carbocycles. The van der Waals surface area contributed by atoms with Gasteiger partial charge in [0.2, 0.25) is 0 Å². The number of nitrogens with one attached hydrogen (secondary N) is 1. The first-order chi connectivity index (χ1) is 11.0. The van der Waals surface area contributed by atoms with Gasteiger partial charge in [0, 0.05) is 31.7 Å². The van der Waals surface area contributed by atoms with Gasteiger partial charge in [-0.2, -0.15) is 0 Å². The molecule has 0 atom stereocenters. The summed E-state index contributed by atoms with van der Waals surface area (Å²) < 4.78 is 5.51. The van der Waals surface area contributed by atoms with Crippen LogP contribution < -0.4 is 10.1 Å². The zero-order valence-corrected chi connectivity index (χ0v) is 13.8. The highest BCUT2D eigenvalue weighted by atomic mass is 16.5. The Morgan fingerprint density at radius 2 is 2.00 bits per heavy atom. The third kappa shape index (κ3) is 6.04. The predicted molar refractivity (Wildman–Crippen MR) is 90.8 cm³/mol. The van der Waals surface area contributed by atoms with E-state index in [1.807, 2.05) is 6.92 Å². The maximum absolute atomic E-state index is 12.1. The summed E-state index contributed by atoms with van der Waals surface area (Å²) in [5.41, 5.74) is 1.58. The second kappa shape index (κ2) is 8.70. The summed E-state index contributed by atoms with van der Waals surface area (Å²) in [7, 11) is 0. The molecule has 0 unspecified atom stereocenters. The number of nitrogens with zero attached hydrogens (tertiary/aromatic N) is 1. The molecule has 1 aliphatic heterocycles. The van der Waals surface area contributed by atoms with Gasteiger partial charge in [0.05, 0.1) is 6.10 Å². The molecule has 1 fully saturated rings. The summed E-state index contributed by atoms with van der Waals surface area (Å²) in [5, 5.41) is 12.4. The Balaban J connectivity index is 1.71. The Hall–Kier alpha value is -1.85. The van der Waals surface area contributed by atoms with E-state index in [-0.39, 0.29) is 12.0 Å². The Labute approximate surface area is 137 Å². The molecular weight excluding hydrogens is 292 g/mol. The van der Waals surface area contributed by atoms with E-state index in [1.54, 1.807) is 24.3 Å². The van der Waals surface area contributed by atoms with E-state index in [9.17, 15) is 9.90 Å². The van der Waals surface area contributed by atoms with Gasteiger partial charge in [-0.25, -0.2) is 0 Å². The van der Waals surface area contributed by atoms with Crippen LogP contribution in [0.2, 0.25) is 0 Å². The van der Waals surface area contributed by atoms with Crippen LogP contribution in [0.5, 0.6) is 5.75 Å². The number of aliphatic hydroxyl groups excluding tert-OH is 1. The quantitative estimate of drug-likeness (QED) is 0.753. The Kier molecular flexibility index (Phi) is 6.62. The second-order valence-corrected chi connectivity index (χ2v) is 6.10. The van der Waals surface area contributed by atoms with Gasteiger partial charge in [-0.05, 0) is 49.6 Å². The van der Waals surface area contributed by atoms with Gasteiger partial charge < -0.3 is 20.1 Å². The van der Waals surface area contributed by atoms with Crippen molar-refractivity contribution in [2.24, 2.45) is 0 Å². The number of piperidine rings is 1. The lowest BCUT2D eigenvalue weighted by Gasteiger charge is -2.29. The van der Waals surface area contributed by atoms with Crippen molar-refractivity contribution in [1.29, 1.82) is 0 Å². The van der Waals surface area contributed by atoms with Gasteiger partial charge in [0.15, 0.2) is 0 Å². The number of amides is 1. The molecule has 0 spiro atoms. The van der Waals surface area contributed by atoms with Crippen LogP contribution in [-0.4, -0.2) is 54.8 Å². The molecule has 5 nitrogen and oxygen atoms in total. The number of ether oxygens (including phenoxy) is 1. The van der Waals surface area contributed by atoms with E-state index in [0.717, 1.165) is 43.8 Å². The summed E-state index contributed by atoms with van der Waals surface area (Å²) in [5.74, 6) is 0.657. The molecule has 1 aromatic carbocycles. The number of hydrogen-bond donors (Lipinski definition) is 2. The highest BCUT2D eigenvalue weighted by Gasteiger charge is 2.16. The zero-order chi connectivity index (χ0) is 16.7. The molecule has 1 amide bonds. The van der Waals surface area contributed by atoms with Gasteiger partial charge in [-0.3, -0.25) is 4.79 Å². The van der Waals surface area contributed by atoms with Gasteiger partial charge in [0.25, 0.3) is 5.91 Å². The number of likely N-dealkylation sites (tertiary alicyclic amines) is 1. The summed E-state index contributed by atoms with van der Waals surface area (Å²) in [4.78, 5) is 14.4. The van der Waals surface area contributed by atoms with Crippen molar-refractivity contribution < 1.29 is 14.6 Å². The van der Waals surface area contributed by atoms with Crippen LogP contribution in [0.4, 0.5) is 0 Å². The van der Waals surface area contributed by atoms with Crippen LogP contribution in [0.3, 0.4) is 0 Å². The average molecular weight is 318 g/mol. The molecule has 126 valence electrons. The maximum Gasteiger partial charge on any atom is 0.251 e. The van der Waals surface area contributed by atoms with Gasteiger partial charge >= 0.3 is 0 Å². The van der Waals surface area contributed by atoms with E-state index in [2.05, 4.69) is 16.8 Å². The molecular formula is C18H26N2O3. The molecule has 1 saturated heterocycles. The van der Waals surface area contributed by atoms with Crippen molar-refractivity contribution >= 4 is 5.91 Å². The normalized spacial score (nSPS) is 16.1. The minimum absolute atomic E-state index is 0.0755. The third-order valence-electron chi connectivity index (χ3n) is 3.87. The van der Waals surface area contributed by atoms with Crippen LogP contribution in [0.1, 0.15) is 30.1 Å². The Morgan fingerprint density at radius 1 is 1.35 bits per heavy atom. The SMILES string of the molecule is C=C(C)COc1ccc(C(=O)NCCN2CCC(O)CC2)cc1. The first kappa shape index (κ1) is 17.5. The number of benzene rings is 1. The van der Waals surface area contributed by atoms with Crippen molar-refractivity contribution in [2.75, 3.05) is 32.8 Å². The van der Waals surface area contributed by atoms with Crippen LogP contribution in [0.25, 0.3) is 0 Å². The monoisotopic (exact) mass is 318 g/mol. The van der Waals surface area contributed by atoms with E-state index in [4.69, 9.17) is 4.74 Å². The van der Waals surface area contributed by atoms with Crippen molar-refractivity contribution in [3.05, 3.63) is 42.0 Å². The summed E-state index contributed by atoms with van der Waals surface area (Å²) in [6.07, 6.45) is 1.48. The van der Waals surface area contributed by atoms with Crippen LogP contribution in [0.15, 0.2) is 36.4 Å². The fourth-order valence-corrected chi connectivity index (χ4v) is 2.48. The molecule has 0 radical (unpaired) electrons. The van der Waals surface area contributed by atoms with E-state index < -0.39 is 0 Å². The topological polar surface area (TPSA) is 61.8 Å². The molecule has 0 aromatic heterocycles. The predicted octanol–water partition coefficient (Wildman–Crippen LogP) is 1.83. The fourth-order valence-electron chi connectivity index (χ4n) is 2.48. The lowest BCUT2D eigenvalue weighted by molar-refractivity contribution is 0.0804. The van der Waals surface area contributed by atoms with Gasteiger partial charge in [0.1, 0.15) is 12.4 Å². The largest absolute Gasteiger partial charge is 0.489 e. The molecule has 1 aliphatic rings. The number of carbonyl (C=O) groups is 1. The van der Waals surface area contributed by atoms with E-state index in [1.165, 1.54) is 0 Å². The third-order valence-corrected chi connectivity index (χ3v) is 3.87. The molecule has 5 heteroatoms.